The Hall–Kier alpha value is -1.36. The largest absolute Gasteiger partial charge is 0.376 e. The third-order valence-electron chi connectivity index (χ3n) is 4.41. The maximum atomic E-state index is 5.77. The van der Waals surface area contributed by atoms with Gasteiger partial charge in [0.15, 0.2) is 0 Å². The molecule has 0 bridgehead atoms. The summed E-state index contributed by atoms with van der Waals surface area (Å²) in [5, 5.41) is 0. The zero-order valence-corrected chi connectivity index (χ0v) is 13.4. The zero-order valence-electron chi connectivity index (χ0n) is 13.4. The molecule has 116 valence electrons. The van der Waals surface area contributed by atoms with E-state index in [-0.39, 0.29) is 0 Å². The van der Waals surface area contributed by atoms with Gasteiger partial charge in [-0.25, -0.2) is 4.98 Å². The van der Waals surface area contributed by atoms with E-state index in [9.17, 15) is 0 Å². The van der Waals surface area contributed by atoms with Gasteiger partial charge < -0.3 is 14.5 Å². The summed E-state index contributed by atoms with van der Waals surface area (Å²) >= 11 is 0. The van der Waals surface area contributed by atoms with Crippen molar-refractivity contribution in [2.75, 3.05) is 44.1 Å². The molecule has 0 saturated carbocycles. The summed E-state index contributed by atoms with van der Waals surface area (Å²) in [4.78, 5) is 13.8. The molecule has 1 aromatic heterocycles. The van der Waals surface area contributed by atoms with Crippen molar-refractivity contribution in [3.63, 3.8) is 0 Å². The number of aryl methyl sites for hydroxylation is 1. The maximum Gasteiger partial charge on any atom is 0.227 e. The van der Waals surface area contributed by atoms with Gasteiger partial charge in [0.1, 0.15) is 5.82 Å². The summed E-state index contributed by atoms with van der Waals surface area (Å²) < 4.78 is 5.77. The first-order valence-electron chi connectivity index (χ1n) is 8.05. The van der Waals surface area contributed by atoms with E-state index in [1.54, 1.807) is 0 Å². The number of fused-ring (bicyclic) bond motifs is 1. The number of hydrogen-bond acceptors (Lipinski definition) is 5. The Labute approximate surface area is 127 Å². The molecule has 0 N–H and O–H groups in total. The minimum absolute atomic E-state index is 0.354. The fraction of sp³-hybridized carbons (Fsp3) is 0.750. The van der Waals surface area contributed by atoms with E-state index in [0.29, 0.717) is 6.10 Å². The number of nitrogens with zero attached hydrogens (tertiary/aromatic N) is 4. The summed E-state index contributed by atoms with van der Waals surface area (Å²) in [6.07, 6.45) is 7.38. The highest BCUT2D eigenvalue weighted by Gasteiger charge is 2.23. The number of anilines is 2. The Balaban J connectivity index is 1.89. The van der Waals surface area contributed by atoms with Gasteiger partial charge in [0, 0.05) is 39.9 Å². The van der Waals surface area contributed by atoms with E-state index in [2.05, 4.69) is 11.9 Å². The van der Waals surface area contributed by atoms with Crippen LogP contribution < -0.4 is 9.80 Å². The summed E-state index contributed by atoms with van der Waals surface area (Å²) in [6, 6.07) is 0. The third kappa shape index (κ3) is 3.12. The lowest BCUT2D eigenvalue weighted by atomic mass is 9.96. The highest BCUT2D eigenvalue weighted by Crippen LogP contribution is 2.29. The van der Waals surface area contributed by atoms with Gasteiger partial charge in [-0.1, -0.05) is 0 Å². The van der Waals surface area contributed by atoms with Gasteiger partial charge in [-0.15, -0.1) is 0 Å². The van der Waals surface area contributed by atoms with Crippen LogP contribution in [-0.2, 0) is 17.6 Å². The molecule has 21 heavy (non-hydrogen) atoms. The molecule has 1 fully saturated rings. The molecular formula is C16H26N4O. The predicted molar refractivity (Wildman–Crippen MR) is 85.2 cm³/mol. The van der Waals surface area contributed by atoms with Gasteiger partial charge in [-0.2, -0.15) is 4.98 Å². The molecule has 0 radical (unpaired) electrons. The number of aromatic nitrogens is 2. The van der Waals surface area contributed by atoms with Crippen molar-refractivity contribution in [1.29, 1.82) is 0 Å². The first-order chi connectivity index (χ1) is 10.1. The van der Waals surface area contributed by atoms with E-state index < -0.39 is 0 Å². The molecular weight excluding hydrogens is 264 g/mol. The maximum absolute atomic E-state index is 5.77. The summed E-state index contributed by atoms with van der Waals surface area (Å²) in [5.41, 5.74) is 2.60. The van der Waals surface area contributed by atoms with Crippen LogP contribution >= 0.6 is 0 Å². The Kier molecular flexibility index (Phi) is 4.29. The van der Waals surface area contributed by atoms with Crippen LogP contribution in [0.2, 0.25) is 0 Å². The first-order valence-corrected chi connectivity index (χ1v) is 8.05. The van der Waals surface area contributed by atoms with Crippen LogP contribution in [0.1, 0.15) is 36.9 Å². The highest BCUT2D eigenvalue weighted by atomic mass is 16.5. The molecule has 0 spiro atoms. The molecule has 2 aliphatic rings. The second-order valence-electron chi connectivity index (χ2n) is 6.39. The molecule has 5 nitrogen and oxygen atoms in total. The van der Waals surface area contributed by atoms with Crippen LogP contribution in [0.3, 0.4) is 0 Å². The Morgan fingerprint density at radius 2 is 1.90 bits per heavy atom. The van der Waals surface area contributed by atoms with Gasteiger partial charge in [-0.05, 0) is 38.5 Å². The van der Waals surface area contributed by atoms with Crippen molar-refractivity contribution in [3.8, 4) is 0 Å². The van der Waals surface area contributed by atoms with E-state index in [4.69, 9.17) is 14.7 Å². The van der Waals surface area contributed by atoms with E-state index in [1.165, 1.54) is 30.5 Å². The predicted octanol–water partition coefficient (Wildman–Crippen LogP) is 2.04. The van der Waals surface area contributed by atoms with Crippen LogP contribution in [-0.4, -0.2) is 50.4 Å². The Morgan fingerprint density at radius 3 is 2.62 bits per heavy atom. The molecule has 1 aromatic rings. The van der Waals surface area contributed by atoms with Crippen molar-refractivity contribution < 1.29 is 4.74 Å². The monoisotopic (exact) mass is 290 g/mol. The summed E-state index contributed by atoms with van der Waals surface area (Å²) in [7, 11) is 6.15. The topological polar surface area (TPSA) is 41.5 Å². The third-order valence-corrected chi connectivity index (χ3v) is 4.41. The van der Waals surface area contributed by atoms with Crippen molar-refractivity contribution in [2.45, 2.75) is 44.6 Å². The van der Waals surface area contributed by atoms with E-state index >= 15 is 0 Å². The zero-order chi connectivity index (χ0) is 14.8. The van der Waals surface area contributed by atoms with Crippen molar-refractivity contribution in [3.05, 3.63) is 11.3 Å². The number of rotatable bonds is 4. The van der Waals surface area contributed by atoms with Crippen LogP contribution in [0.15, 0.2) is 0 Å². The SMILES string of the molecule is CN(C)c1nc2c(c(N(C)CC3CCCO3)n1)CCCC2. The Morgan fingerprint density at radius 1 is 1.10 bits per heavy atom. The molecule has 1 aliphatic heterocycles. The molecule has 1 aliphatic carbocycles. The number of hydrogen-bond donors (Lipinski definition) is 0. The lowest BCUT2D eigenvalue weighted by Gasteiger charge is -2.28. The molecule has 1 saturated heterocycles. The number of ether oxygens (including phenoxy) is 1. The van der Waals surface area contributed by atoms with Gasteiger partial charge >= 0.3 is 0 Å². The molecule has 2 heterocycles. The second-order valence-corrected chi connectivity index (χ2v) is 6.39. The minimum Gasteiger partial charge on any atom is -0.376 e. The van der Waals surface area contributed by atoms with Crippen LogP contribution in [0.5, 0.6) is 0 Å². The van der Waals surface area contributed by atoms with Crippen molar-refractivity contribution in [2.24, 2.45) is 0 Å². The molecule has 5 heteroatoms. The number of likely N-dealkylation sites (N-methyl/N-ethyl adjacent to an activating group) is 1. The quantitative estimate of drug-likeness (QED) is 0.849. The molecule has 1 atom stereocenters. The summed E-state index contributed by atoms with van der Waals surface area (Å²) in [6.45, 7) is 1.83. The van der Waals surface area contributed by atoms with Gasteiger partial charge in [-0.3, -0.25) is 0 Å². The van der Waals surface area contributed by atoms with E-state index in [0.717, 1.165) is 44.2 Å². The summed E-state index contributed by atoms with van der Waals surface area (Å²) in [5.74, 6) is 1.93. The van der Waals surface area contributed by atoms with E-state index in [1.807, 2.05) is 19.0 Å². The van der Waals surface area contributed by atoms with Crippen LogP contribution in [0.25, 0.3) is 0 Å². The second kappa shape index (κ2) is 6.18. The molecule has 3 rings (SSSR count). The Bertz CT molecular complexity index is 497. The lowest BCUT2D eigenvalue weighted by molar-refractivity contribution is 0.116. The first kappa shape index (κ1) is 14.6. The highest BCUT2D eigenvalue weighted by molar-refractivity contribution is 5.53. The van der Waals surface area contributed by atoms with Crippen LogP contribution in [0, 0.1) is 0 Å². The van der Waals surface area contributed by atoms with Gasteiger partial charge in [0.05, 0.1) is 11.8 Å². The normalized spacial score (nSPS) is 21.2. The average molecular weight is 290 g/mol. The molecule has 0 aromatic carbocycles. The average Bonchev–Trinajstić information content (AvgIpc) is 2.98. The standard InChI is InChI=1S/C16H26N4O/c1-19(2)16-17-14-9-5-4-8-13(14)15(18-16)20(3)11-12-7-6-10-21-12/h12H,4-11H2,1-3H3. The van der Waals surface area contributed by atoms with Crippen molar-refractivity contribution in [1.82, 2.24) is 9.97 Å². The fourth-order valence-electron chi connectivity index (χ4n) is 3.26. The van der Waals surface area contributed by atoms with Gasteiger partial charge in [0.2, 0.25) is 5.95 Å². The minimum atomic E-state index is 0.354. The molecule has 1 unspecified atom stereocenters. The fourth-order valence-corrected chi connectivity index (χ4v) is 3.26. The van der Waals surface area contributed by atoms with Crippen molar-refractivity contribution >= 4 is 11.8 Å². The van der Waals surface area contributed by atoms with Gasteiger partial charge in [0.25, 0.3) is 0 Å². The smallest absolute Gasteiger partial charge is 0.227 e. The van der Waals surface area contributed by atoms with Crippen LogP contribution in [0.4, 0.5) is 11.8 Å². The molecule has 0 amide bonds. The lowest BCUT2D eigenvalue weighted by Crippen LogP contribution is -2.31.